The summed E-state index contributed by atoms with van der Waals surface area (Å²) in [7, 11) is 1.69. The lowest BCUT2D eigenvalue weighted by Gasteiger charge is -2.32. The Labute approximate surface area is 125 Å². The fourth-order valence-corrected chi connectivity index (χ4v) is 2.78. The third-order valence-electron chi connectivity index (χ3n) is 4.01. The second-order valence-electron chi connectivity index (χ2n) is 5.53. The zero-order valence-electron chi connectivity index (χ0n) is 12.5. The van der Waals surface area contributed by atoms with Gasteiger partial charge in [-0.3, -0.25) is 0 Å². The Morgan fingerprint density at radius 2 is 1.90 bits per heavy atom. The Hall–Kier alpha value is -2.00. The smallest absolute Gasteiger partial charge is 0.124 e. The number of fused-ring (bicyclic) bond motifs is 1. The largest absolute Gasteiger partial charge is 0.497 e. The molecule has 0 amide bonds. The van der Waals surface area contributed by atoms with Crippen molar-refractivity contribution in [1.29, 1.82) is 0 Å². The molecule has 21 heavy (non-hydrogen) atoms. The molecule has 2 unspecified atom stereocenters. The Kier molecular flexibility index (Phi) is 4.11. The van der Waals surface area contributed by atoms with Gasteiger partial charge in [0.05, 0.1) is 13.7 Å². The number of hydrogen-bond donors (Lipinski definition) is 1. The van der Waals surface area contributed by atoms with Gasteiger partial charge in [0.15, 0.2) is 0 Å². The summed E-state index contributed by atoms with van der Waals surface area (Å²) in [4.78, 5) is 0. The molecule has 0 radical (unpaired) electrons. The van der Waals surface area contributed by atoms with E-state index in [-0.39, 0.29) is 0 Å². The van der Waals surface area contributed by atoms with Crippen molar-refractivity contribution in [2.75, 3.05) is 13.7 Å². The van der Waals surface area contributed by atoms with Crippen LogP contribution in [0.15, 0.2) is 48.5 Å². The van der Waals surface area contributed by atoms with Gasteiger partial charge in [-0.15, -0.1) is 0 Å². The first-order valence-electron chi connectivity index (χ1n) is 7.36. The average molecular weight is 283 g/mol. The molecule has 0 aromatic heterocycles. The highest BCUT2D eigenvalue weighted by Crippen LogP contribution is 2.35. The van der Waals surface area contributed by atoms with Gasteiger partial charge in [-0.1, -0.05) is 37.3 Å². The quantitative estimate of drug-likeness (QED) is 0.930. The van der Waals surface area contributed by atoms with Crippen molar-refractivity contribution in [3.8, 4) is 11.5 Å². The molecule has 1 aliphatic heterocycles. The number of methoxy groups -OCH3 is 1. The highest BCUT2D eigenvalue weighted by atomic mass is 16.5. The van der Waals surface area contributed by atoms with Gasteiger partial charge in [-0.05, 0) is 23.8 Å². The van der Waals surface area contributed by atoms with Crippen LogP contribution in [0.4, 0.5) is 0 Å². The van der Waals surface area contributed by atoms with Gasteiger partial charge in [0, 0.05) is 24.1 Å². The van der Waals surface area contributed by atoms with Crippen molar-refractivity contribution < 1.29 is 9.47 Å². The lowest BCUT2D eigenvalue weighted by Crippen LogP contribution is -2.33. The molecule has 0 saturated carbocycles. The summed E-state index contributed by atoms with van der Waals surface area (Å²) in [5.41, 5.74) is 2.51. The minimum Gasteiger partial charge on any atom is -0.497 e. The standard InChI is InChI=1S/C18H21NO2/c1-13-12-21-17-6-4-3-5-16(17)18(13)19-11-14-7-9-15(20-2)10-8-14/h3-10,13,18-19H,11-12H2,1-2H3. The van der Waals surface area contributed by atoms with E-state index < -0.39 is 0 Å². The Bertz CT molecular complexity index is 594. The van der Waals surface area contributed by atoms with E-state index in [2.05, 4.69) is 36.5 Å². The number of benzene rings is 2. The first kappa shape index (κ1) is 14.0. The number of hydrogen-bond acceptors (Lipinski definition) is 3. The van der Waals surface area contributed by atoms with Crippen LogP contribution in [-0.4, -0.2) is 13.7 Å². The second kappa shape index (κ2) is 6.19. The highest BCUT2D eigenvalue weighted by molar-refractivity contribution is 5.38. The zero-order chi connectivity index (χ0) is 14.7. The van der Waals surface area contributed by atoms with Crippen LogP contribution in [0.25, 0.3) is 0 Å². The van der Waals surface area contributed by atoms with E-state index in [9.17, 15) is 0 Å². The molecule has 3 heteroatoms. The van der Waals surface area contributed by atoms with Crippen molar-refractivity contribution in [2.24, 2.45) is 5.92 Å². The molecule has 0 saturated heterocycles. The molecule has 0 spiro atoms. The van der Waals surface area contributed by atoms with E-state index in [1.807, 2.05) is 24.3 Å². The van der Waals surface area contributed by atoms with Gasteiger partial charge in [-0.25, -0.2) is 0 Å². The maximum Gasteiger partial charge on any atom is 0.124 e. The van der Waals surface area contributed by atoms with Gasteiger partial charge in [0.2, 0.25) is 0 Å². The molecule has 1 heterocycles. The fourth-order valence-electron chi connectivity index (χ4n) is 2.78. The molecule has 1 aliphatic rings. The molecule has 0 bridgehead atoms. The molecular formula is C18H21NO2. The average Bonchev–Trinajstić information content (AvgIpc) is 2.54. The van der Waals surface area contributed by atoms with Crippen LogP contribution in [0.1, 0.15) is 24.1 Å². The topological polar surface area (TPSA) is 30.5 Å². The molecule has 110 valence electrons. The first-order chi connectivity index (χ1) is 10.3. The Balaban J connectivity index is 1.72. The third kappa shape index (κ3) is 3.03. The zero-order valence-corrected chi connectivity index (χ0v) is 12.5. The lowest BCUT2D eigenvalue weighted by molar-refractivity contribution is 0.188. The van der Waals surface area contributed by atoms with Crippen LogP contribution in [-0.2, 0) is 6.54 Å². The molecule has 0 aliphatic carbocycles. The van der Waals surface area contributed by atoms with Crippen molar-refractivity contribution in [3.63, 3.8) is 0 Å². The van der Waals surface area contributed by atoms with Crippen LogP contribution in [0.3, 0.4) is 0 Å². The fraction of sp³-hybridized carbons (Fsp3) is 0.333. The minimum absolute atomic E-state index is 0.331. The predicted molar refractivity (Wildman–Crippen MR) is 83.7 cm³/mol. The normalized spacial score (nSPS) is 20.5. The number of ether oxygens (including phenoxy) is 2. The van der Waals surface area contributed by atoms with E-state index in [0.717, 1.165) is 24.7 Å². The molecule has 2 atom stereocenters. The molecule has 2 aromatic carbocycles. The van der Waals surface area contributed by atoms with Crippen LogP contribution in [0.2, 0.25) is 0 Å². The Morgan fingerprint density at radius 1 is 1.14 bits per heavy atom. The maximum absolute atomic E-state index is 5.79. The SMILES string of the molecule is COc1ccc(CNC2c3ccccc3OCC2C)cc1. The number of para-hydroxylation sites is 1. The van der Waals surface area contributed by atoms with Gasteiger partial charge in [0.1, 0.15) is 11.5 Å². The van der Waals surface area contributed by atoms with E-state index >= 15 is 0 Å². The lowest BCUT2D eigenvalue weighted by atomic mass is 9.92. The van der Waals surface area contributed by atoms with Gasteiger partial charge < -0.3 is 14.8 Å². The summed E-state index contributed by atoms with van der Waals surface area (Å²) in [6.07, 6.45) is 0. The molecular weight excluding hydrogens is 262 g/mol. The second-order valence-corrected chi connectivity index (χ2v) is 5.53. The summed E-state index contributed by atoms with van der Waals surface area (Å²) in [5.74, 6) is 2.35. The number of rotatable bonds is 4. The van der Waals surface area contributed by atoms with Crippen molar-refractivity contribution in [2.45, 2.75) is 19.5 Å². The van der Waals surface area contributed by atoms with E-state index in [4.69, 9.17) is 9.47 Å². The van der Waals surface area contributed by atoms with Crippen molar-refractivity contribution >= 4 is 0 Å². The molecule has 3 nitrogen and oxygen atoms in total. The van der Waals surface area contributed by atoms with Gasteiger partial charge >= 0.3 is 0 Å². The van der Waals surface area contributed by atoms with Crippen LogP contribution in [0.5, 0.6) is 11.5 Å². The van der Waals surface area contributed by atoms with Crippen LogP contribution >= 0.6 is 0 Å². The van der Waals surface area contributed by atoms with E-state index in [1.54, 1.807) is 7.11 Å². The van der Waals surface area contributed by atoms with E-state index in [0.29, 0.717) is 12.0 Å². The van der Waals surface area contributed by atoms with Gasteiger partial charge in [0.25, 0.3) is 0 Å². The summed E-state index contributed by atoms with van der Waals surface area (Å²) >= 11 is 0. The maximum atomic E-state index is 5.79. The molecule has 1 N–H and O–H groups in total. The monoisotopic (exact) mass is 283 g/mol. The highest BCUT2D eigenvalue weighted by Gasteiger charge is 2.26. The predicted octanol–water partition coefficient (Wildman–Crippen LogP) is 3.55. The van der Waals surface area contributed by atoms with E-state index in [1.165, 1.54) is 11.1 Å². The van der Waals surface area contributed by atoms with Crippen LogP contribution in [0, 0.1) is 5.92 Å². The van der Waals surface area contributed by atoms with Crippen molar-refractivity contribution in [1.82, 2.24) is 5.32 Å². The summed E-state index contributed by atoms with van der Waals surface area (Å²) in [6.45, 7) is 3.83. The summed E-state index contributed by atoms with van der Waals surface area (Å²) in [5, 5.41) is 3.66. The van der Waals surface area contributed by atoms with Crippen molar-refractivity contribution in [3.05, 3.63) is 59.7 Å². The molecule has 3 rings (SSSR count). The van der Waals surface area contributed by atoms with Crippen LogP contribution < -0.4 is 14.8 Å². The first-order valence-corrected chi connectivity index (χ1v) is 7.36. The molecule has 2 aromatic rings. The summed E-state index contributed by atoms with van der Waals surface area (Å²) < 4.78 is 11.0. The minimum atomic E-state index is 0.331. The Morgan fingerprint density at radius 3 is 2.67 bits per heavy atom. The summed E-state index contributed by atoms with van der Waals surface area (Å²) in [6, 6.07) is 16.8. The third-order valence-corrected chi connectivity index (χ3v) is 4.01. The van der Waals surface area contributed by atoms with Gasteiger partial charge in [-0.2, -0.15) is 0 Å². The number of nitrogens with one attached hydrogen (secondary N) is 1. The molecule has 0 fully saturated rings.